The van der Waals surface area contributed by atoms with Gasteiger partial charge in [0.15, 0.2) is 11.5 Å². The molecule has 8 heteroatoms. The van der Waals surface area contributed by atoms with Gasteiger partial charge in [0.1, 0.15) is 5.58 Å². The quantitative estimate of drug-likeness (QED) is 0.432. The summed E-state index contributed by atoms with van der Waals surface area (Å²) in [5, 5.41) is 0.697. The zero-order valence-corrected chi connectivity index (χ0v) is 13.0. The molecule has 0 saturated carbocycles. The maximum atomic E-state index is 11.2. The number of hydrogen-bond acceptors (Lipinski definition) is 7. The molecule has 0 N–H and O–H groups in total. The molecular weight excluding hydrogens is 312 g/mol. The first-order chi connectivity index (χ1) is 10.4. The molecule has 0 aliphatic heterocycles. The van der Waals surface area contributed by atoms with Crippen LogP contribution in [0.4, 0.5) is 0 Å². The third kappa shape index (κ3) is 4.47. The van der Waals surface area contributed by atoms with Gasteiger partial charge in [-0.25, -0.2) is 4.79 Å². The Balaban J connectivity index is 2.07. The van der Waals surface area contributed by atoms with Crippen molar-refractivity contribution in [2.24, 2.45) is 0 Å². The third-order valence-corrected chi connectivity index (χ3v) is 3.34. The van der Waals surface area contributed by atoms with Crippen LogP contribution >= 0.6 is 0 Å². The minimum atomic E-state index is -3.44. The predicted octanol–water partition coefficient (Wildman–Crippen LogP) is 1.55. The molecule has 0 radical (unpaired) electrons. The highest BCUT2D eigenvalue weighted by Crippen LogP contribution is 2.31. The van der Waals surface area contributed by atoms with Crippen molar-refractivity contribution in [1.82, 2.24) is 0 Å². The number of fused-ring (bicyclic) bond motifs is 1. The van der Waals surface area contributed by atoms with E-state index in [1.807, 2.05) is 0 Å². The number of hydrogen-bond donors (Lipinski definition) is 0. The van der Waals surface area contributed by atoms with Crippen molar-refractivity contribution in [3.05, 3.63) is 34.7 Å². The van der Waals surface area contributed by atoms with Crippen LogP contribution in [-0.2, 0) is 14.3 Å². The Kier molecular flexibility index (Phi) is 5.04. The molecule has 7 nitrogen and oxygen atoms in total. The van der Waals surface area contributed by atoms with Crippen LogP contribution in [0.3, 0.4) is 0 Å². The van der Waals surface area contributed by atoms with Crippen LogP contribution in [0.25, 0.3) is 11.0 Å². The lowest BCUT2D eigenvalue weighted by Crippen LogP contribution is -2.08. The van der Waals surface area contributed by atoms with Gasteiger partial charge in [-0.15, -0.1) is 0 Å². The molecule has 0 aliphatic carbocycles. The first-order valence-corrected chi connectivity index (χ1v) is 8.30. The maximum Gasteiger partial charge on any atom is 0.336 e. The summed E-state index contributed by atoms with van der Waals surface area (Å²) in [6, 6.07) is 6.20. The van der Waals surface area contributed by atoms with Crippen LogP contribution in [0.5, 0.6) is 11.5 Å². The van der Waals surface area contributed by atoms with Crippen molar-refractivity contribution in [2.45, 2.75) is 6.42 Å². The van der Waals surface area contributed by atoms with Crippen molar-refractivity contribution >= 4 is 21.1 Å². The first kappa shape index (κ1) is 16.3. The summed E-state index contributed by atoms with van der Waals surface area (Å²) in [5.41, 5.74) is -0.0433. The molecule has 22 heavy (non-hydrogen) atoms. The van der Waals surface area contributed by atoms with E-state index in [0.717, 1.165) is 6.26 Å². The summed E-state index contributed by atoms with van der Waals surface area (Å²) in [6.45, 7) is 0.303. The number of rotatable bonds is 7. The Morgan fingerprint density at radius 3 is 2.59 bits per heavy atom. The van der Waals surface area contributed by atoms with Crippen molar-refractivity contribution in [3.63, 3.8) is 0 Å². The maximum absolute atomic E-state index is 11.2. The minimum absolute atomic E-state index is 0.0452. The van der Waals surface area contributed by atoms with Crippen LogP contribution in [-0.4, -0.2) is 35.0 Å². The second-order valence-corrected chi connectivity index (χ2v) is 6.17. The second kappa shape index (κ2) is 6.80. The smallest absolute Gasteiger partial charge is 0.336 e. The van der Waals surface area contributed by atoms with Gasteiger partial charge in [-0.2, -0.15) is 8.42 Å². The van der Waals surface area contributed by atoms with Crippen molar-refractivity contribution in [3.8, 4) is 11.5 Å². The molecule has 2 rings (SSSR count). The monoisotopic (exact) mass is 328 g/mol. The number of benzene rings is 1. The fraction of sp³-hybridized carbons (Fsp3) is 0.357. The summed E-state index contributed by atoms with van der Waals surface area (Å²) in [7, 11) is -1.96. The Labute approximate surface area is 127 Å². The van der Waals surface area contributed by atoms with E-state index in [1.165, 1.54) is 13.2 Å². The van der Waals surface area contributed by atoms with E-state index in [-0.39, 0.29) is 13.2 Å². The second-order valence-electron chi connectivity index (χ2n) is 4.52. The van der Waals surface area contributed by atoms with Gasteiger partial charge in [0, 0.05) is 23.9 Å². The Bertz CT molecular complexity index is 808. The fourth-order valence-corrected chi connectivity index (χ4v) is 2.22. The van der Waals surface area contributed by atoms with Crippen LogP contribution in [0.2, 0.25) is 0 Å². The van der Waals surface area contributed by atoms with Crippen LogP contribution in [0.1, 0.15) is 6.42 Å². The van der Waals surface area contributed by atoms with Crippen LogP contribution in [0, 0.1) is 0 Å². The molecule has 0 unspecified atom stereocenters. The highest BCUT2D eigenvalue weighted by molar-refractivity contribution is 7.85. The lowest BCUT2D eigenvalue weighted by molar-refractivity contribution is 0.244. The molecule has 0 fully saturated rings. The lowest BCUT2D eigenvalue weighted by Gasteiger charge is -2.11. The fourth-order valence-electron chi connectivity index (χ4n) is 1.80. The summed E-state index contributed by atoms with van der Waals surface area (Å²) < 4.78 is 42.1. The third-order valence-electron chi connectivity index (χ3n) is 2.75. The molecule has 120 valence electrons. The van der Waals surface area contributed by atoms with Crippen LogP contribution in [0.15, 0.2) is 33.5 Å². The molecular formula is C14H16O7S. The molecule has 0 bridgehead atoms. The molecule has 1 heterocycles. The molecule has 0 atom stereocenters. The van der Waals surface area contributed by atoms with Gasteiger partial charge in [-0.1, -0.05) is 0 Å². The van der Waals surface area contributed by atoms with Crippen molar-refractivity contribution < 1.29 is 26.5 Å². The summed E-state index contributed by atoms with van der Waals surface area (Å²) in [6.07, 6.45) is 1.39. The number of methoxy groups -OCH3 is 1. The zero-order chi connectivity index (χ0) is 16.2. The summed E-state index contributed by atoms with van der Waals surface area (Å²) in [4.78, 5) is 11.2. The molecule has 0 aliphatic rings. The highest BCUT2D eigenvalue weighted by Gasteiger charge is 2.09. The largest absolute Gasteiger partial charge is 0.493 e. The van der Waals surface area contributed by atoms with Crippen molar-refractivity contribution in [2.75, 3.05) is 26.6 Å². The standard InChI is InChI=1S/C14H16O7S/c1-18-12-9-11-10(4-5-14(15)21-11)8-13(12)19-6-3-7-20-22(2,16)17/h4-5,8-9H,3,6-7H2,1-2H3. The molecule has 1 aromatic heterocycles. The van der Waals surface area contributed by atoms with Gasteiger partial charge >= 0.3 is 5.63 Å². The number of ether oxygens (including phenoxy) is 2. The van der Waals surface area contributed by atoms with E-state index >= 15 is 0 Å². The lowest BCUT2D eigenvalue weighted by atomic mass is 10.2. The van der Waals surface area contributed by atoms with E-state index in [1.54, 1.807) is 18.2 Å². The first-order valence-electron chi connectivity index (χ1n) is 6.48. The minimum Gasteiger partial charge on any atom is -0.493 e. The van der Waals surface area contributed by atoms with E-state index in [0.29, 0.717) is 28.9 Å². The van der Waals surface area contributed by atoms with E-state index in [4.69, 9.17) is 13.9 Å². The van der Waals surface area contributed by atoms with Gasteiger partial charge in [-0.3, -0.25) is 4.18 Å². The average molecular weight is 328 g/mol. The van der Waals surface area contributed by atoms with E-state index in [9.17, 15) is 13.2 Å². The van der Waals surface area contributed by atoms with Gasteiger partial charge in [-0.05, 0) is 12.1 Å². The molecule has 0 saturated heterocycles. The van der Waals surface area contributed by atoms with E-state index in [2.05, 4.69) is 4.18 Å². The van der Waals surface area contributed by atoms with Crippen LogP contribution < -0.4 is 15.1 Å². The van der Waals surface area contributed by atoms with Gasteiger partial charge < -0.3 is 13.9 Å². The highest BCUT2D eigenvalue weighted by atomic mass is 32.2. The normalized spacial score (nSPS) is 11.5. The Morgan fingerprint density at radius 1 is 1.14 bits per heavy atom. The van der Waals surface area contributed by atoms with Crippen molar-refractivity contribution in [1.29, 1.82) is 0 Å². The van der Waals surface area contributed by atoms with E-state index < -0.39 is 15.7 Å². The van der Waals surface area contributed by atoms with Gasteiger partial charge in [0.25, 0.3) is 10.1 Å². The molecule has 2 aromatic rings. The Morgan fingerprint density at radius 2 is 1.91 bits per heavy atom. The zero-order valence-electron chi connectivity index (χ0n) is 12.2. The SMILES string of the molecule is COc1cc2oc(=O)ccc2cc1OCCCOS(C)(=O)=O. The summed E-state index contributed by atoms with van der Waals surface area (Å²) in [5.74, 6) is 0.897. The van der Waals surface area contributed by atoms with Gasteiger partial charge in [0.05, 0.1) is 26.6 Å². The summed E-state index contributed by atoms with van der Waals surface area (Å²) >= 11 is 0. The average Bonchev–Trinajstić information content (AvgIpc) is 2.45. The molecule has 0 spiro atoms. The molecule has 1 aromatic carbocycles. The Hall–Kier alpha value is -2.06. The topological polar surface area (TPSA) is 92.0 Å². The predicted molar refractivity (Wildman–Crippen MR) is 79.9 cm³/mol. The molecule has 0 amide bonds. The van der Waals surface area contributed by atoms with Gasteiger partial charge in [0.2, 0.25) is 0 Å².